The van der Waals surface area contributed by atoms with E-state index < -0.39 is 0 Å². The largest absolute Gasteiger partial charge is 0.493 e. The lowest BCUT2D eigenvalue weighted by Gasteiger charge is -2.16. The van der Waals surface area contributed by atoms with Gasteiger partial charge >= 0.3 is 0 Å². The molecule has 124 valence electrons. The van der Waals surface area contributed by atoms with E-state index in [2.05, 4.69) is 17.0 Å². The third kappa shape index (κ3) is 4.61. The zero-order chi connectivity index (χ0) is 15.4. The van der Waals surface area contributed by atoms with Crippen molar-refractivity contribution < 1.29 is 9.47 Å². The predicted octanol–water partition coefficient (Wildman–Crippen LogP) is 3.44. The number of ether oxygens (including phenoxy) is 2. The van der Waals surface area contributed by atoms with Crippen molar-refractivity contribution in [3.8, 4) is 17.2 Å². The number of methoxy groups -OCH3 is 1. The van der Waals surface area contributed by atoms with Crippen LogP contribution in [0.3, 0.4) is 0 Å². The average molecular weight is 335 g/mol. The topological polar surface area (TPSA) is 47.7 Å². The summed E-state index contributed by atoms with van der Waals surface area (Å²) in [5, 5.41) is 0. The molecule has 0 amide bonds. The van der Waals surface area contributed by atoms with E-state index in [0.29, 0.717) is 6.04 Å². The molecule has 2 aromatic rings. The lowest BCUT2D eigenvalue weighted by atomic mass is 10.2. The lowest BCUT2D eigenvalue weighted by Crippen LogP contribution is -2.26. The molecule has 1 aliphatic heterocycles. The summed E-state index contributed by atoms with van der Waals surface area (Å²) in [6, 6.07) is 16.2. The van der Waals surface area contributed by atoms with Crippen molar-refractivity contribution in [2.75, 3.05) is 20.2 Å². The van der Waals surface area contributed by atoms with Gasteiger partial charge in [-0.3, -0.25) is 4.90 Å². The Labute approximate surface area is 143 Å². The van der Waals surface area contributed by atoms with Crippen LogP contribution in [0.25, 0.3) is 0 Å². The van der Waals surface area contributed by atoms with Gasteiger partial charge in [-0.25, -0.2) is 0 Å². The molecule has 4 nitrogen and oxygen atoms in total. The highest BCUT2D eigenvalue weighted by molar-refractivity contribution is 5.85. The van der Waals surface area contributed by atoms with Gasteiger partial charge in [0.15, 0.2) is 11.5 Å². The van der Waals surface area contributed by atoms with E-state index in [1.165, 1.54) is 5.56 Å². The zero-order valence-corrected chi connectivity index (χ0v) is 14.1. The second kappa shape index (κ2) is 8.20. The van der Waals surface area contributed by atoms with Gasteiger partial charge in [-0.2, -0.15) is 0 Å². The summed E-state index contributed by atoms with van der Waals surface area (Å²) in [4.78, 5) is 2.38. The van der Waals surface area contributed by atoms with Crippen LogP contribution < -0.4 is 15.2 Å². The molecule has 1 aliphatic rings. The summed E-state index contributed by atoms with van der Waals surface area (Å²) in [5.41, 5.74) is 7.20. The summed E-state index contributed by atoms with van der Waals surface area (Å²) < 4.78 is 11.3. The Kier molecular flexibility index (Phi) is 6.28. The van der Waals surface area contributed by atoms with Crippen molar-refractivity contribution >= 4 is 12.4 Å². The van der Waals surface area contributed by atoms with Gasteiger partial charge < -0.3 is 15.2 Å². The number of benzene rings is 2. The standard InChI is InChI=1S/C18H22N2O2.ClH/c1-21-17-7-2-3-8-18(17)22-16-6-4-5-14(11-16)12-20-10-9-15(19)13-20;/h2-8,11,15H,9-10,12-13,19H2,1H3;1H/t15-;/m0./s1. The Hall–Kier alpha value is -1.75. The molecule has 23 heavy (non-hydrogen) atoms. The SMILES string of the molecule is COc1ccccc1Oc1cccc(CN2CC[C@H](N)C2)c1.Cl. The molecule has 0 saturated carbocycles. The number of nitrogens with two attached hydrogens (primary N) is 1. The molecule has 3 rings (SSSR count). The van der Waals surface area contributed by atoms with Gasteiger partial charge in [0.1, 0.15) is 5.75 Å². The van der Waals surface area contributed by atoms with E-state index >= 15 is 0 Å². The molecule has 0 aromatic heterocycles. The average Bonchev–Trinajstić information content (AvgIpc) is 2.93. The molecule has 2 aromatic carbocycles. The normalized spacial score (nSPS) is 17.6. The number of nitrogens with zero attached hydrogens (tertiary/aromatic N) is 1. The number of hydrogen-bond acceptors (Lipinski definition) is 4. The van der Waals surface area contributed by atoms with Gasteiger partial charge in [0.05, 0.1) is 7.11 Å². The summed E-state index contributed by atoms with van der Waals surface area (Å²) in [6.07, 6.45) is 1.08. The molecule has 1 saturated heterocycles. The van der Waals surface area contributed by atoms with Gasteiger partial charge in [-0.05, 0) is 36.2 Å². The first-order valence-corrected chi connectivity index (χ1v) is 7.62. The summed E-state index contributed by atoms with van der Waals surface area (Å²) in [6.45, 7) is 2.95. The number of para-hydroxylation sites is 2. The molecule has 0 bridgehead atoms. The van der Waals surface area contributed by atoms with Gasteiger partial charge in [0, 0.05) is 25.7 Å². The number of hydrogen-bond donors (Lipinski definition) is 1. The van der Waals surface area contributed by atoms with E-state index in [-0.39, 0.29) is 12.4 Å². The fraction of sp³-hybridized carbons (Fsp3) is 0.333. The fourth-order valence-electron chi connectivity index (χ4n) is 2.80. The van der Waals surface area contributed by atoms with E-state index in [9.17, 15) is 0 Å². The Morgan fingerprint density at radius 2 is 1.91 bits per heavy atom. The van der Waals surface area contributed by atoms with Crippen LogP contribution in [0, 0.1) is 0 Å². The van der Waals surface area contributed by atoms with Crippen LogP contribution in [-0.2, 0) is 6.54 Å². The van der Waals surface area contributed by atoms with Crippen LogP contribution in [0.15, 0.2) is 48.5 Å². The maximum atomic E-state index is 5.96. The Balaban J connectivity index is 0.00000192. The monoisotopic (exact) mass is 334 g/mol. The molecule has 1 fully saturated rings. The third-order valence-corrected chi connectivity index (χ3v) is 3.91. The minimum absolute atomic E-state index is 0. The summed E-state index contributed by atoms with van der Waals surface area (Å²) in [5.74, 6) is 2.29. The molecule has 1 atom stereocenters. The quantitative estimate of drug-likeness (QED) is 0.910. The second-order valence-corrected chi connectivity index (χ2v) is 5.68. The highest BCUT2D eigenvalue weighted by atomic mass is 35.5. The first-order valence-electron chi connectivity index (χ1n) is 7.62. The molecule has 0 aliphatic carbocycles. The Bertz CT molecular complexity index is 636. The van der Waals surface area contributed by atoms with E-state index in [0.717, 1.165) is 43.3 Å². The molecular formula is C18H23ClN2O2. The van der Waals surface area contributed by atoms with Crippen LogP contribution in [0.4, 0.5) is 0 Å². The molecule has 2 N–H and O–H groups in total. The van der Waals surface area contributed by atoms with Crippen molar-refractivity contribution in [2.24, 2.45) is 5.73 Å². The van der Waals surface area contributed by atoms with Crippen LogP contribution in [0.2, 0.25) is 0 Å². The first kappa shape index (κ1) is 17.6. The lowest BCUT2D eigenvalue weighted by molar-refractivity contribution is 0.326. The molecule has 0 spiro atoms. The Morgan fingerprint density at radius 1 is 1.13 bits per heavy atom. The van der Waals surface area contributed by atoms with Gasteiger partial charge in [-0.15, -0.1) is 12.4 Å². The van der Waals surface area contributed by atoms with Gasteiger partial charge in [-0.1, -0.05) is 24.3 Å². The molecular weight excluding hydrogens is 312 g/mol. The van der Waals surface area contributed by atoms with E-state index in [4.69, 9.17) is 15.2 Å². The molecule has 0 radical (unpaired) electrons. The molecule has 0 unspecified atom stereocenters. The number of rotatable bonds is 5. The number of halogens is 1. The second-order valence-electron chi connectivity index (χ2n) is 5.68. The zero-order valence-electron chi connectivity index (χ0n) is 13.3. The van der Waals surface area contributed by atoms with E-state index in [1.807, 2.05) is 36.4 Å². The highest BCUT2D eigenvalue weighted by Crippen LogP contribution is 2.31. The third-order valence-electron chi connectivity index (χ3n) is 3.91. The Morgan fingerprint density at radius 3 is 2.61 bits per heavy atom. The van der Waals surface area contributed by atoms with Crippen LogP contribution in [-0.4, -0.2) is 31.1 Å². The predicted molar refractivity (Wildman–Crippen MR) is 94.6 cm³/mol. The molecule has 5 heteroatoms. The molecule has 1 heterocycles. The minimum Gasteiger partial charge on any atom is -0.493 e. The summed E-state index contributed by atoms with van der Waals surface area (Å²) in [7, 11) is 1.65. The smallest absolute Gasteiger partial charge is 0.169 e. The maximum Gasteiger partial charge on any atom is 0.169 e. The highest BCUT2D eigenvalue weighted by Gasteiger charge is 2.18. The van der Waals surface area contributed by atoms with E-state index in [1.54, 1.807) is 7.11 Å². The van der Waals surface area contributed by atoms with Crippen LogP contribution >= 0.6 is 12.4 Å². The van der Waals surface area contributed by atoms with Crippen molar-refractivity contribution in [1.29, 1.82) is 0 Å². The van der Waals surface area contributed by atoms with Crippen LogP contribution in [0.5, 0.6) is 17.2 Å². The van der Waals surface area contributed by atoms with Gasteiger partial charge in [0.25, 0.3) is 0 Å². The van der Waals surface area contributed by atoms with Gasteiger partial charge in [0.2, 0.25) is 0 Å². The van der Waals surface area contributed by atoms with Crippen molar-refractivity contribution in [3.05, 3.63) is 54.1 Å². The van der Waals surface area contributed by atoms with Crippen molar-refractivity contribution in [1.82, 2.24) is 4.90 Å². The van der Waals surface area contributed by atoms with Crippen molar-refractivity contribution in [3.63, 3.8) is 0 Å². The van der Waals surface area contributed by atoms with Crippen LogP contribution in [0.1, 0.15) is 12.0 Å². The minimum atomic E-state index is 0. The fourth-order valence-corrected chi connectivity index (χ4v) is 2.80. The van der Waals surface area contributed by atoms with Crippen molar-refractivity contribution in [2.45, 2.75) is 19.0 Å². The first-order chi connectivity index (χ1) is 10.7. The maximum absolute atomic E-state index is 5.96. The summed E-state index contributed by atoms with van der Waals surface area (Å²) >= 11 is 0. The number of likely N-dealkylation sites (tertiary alicyclic amines) is 1.